The van der Waals surface area contributed by atoms with Crippen LogP contribution in [-0.4, -0.2) is 11.7 Å². The molecule has 0 bridgehead atoms. The second-order valence-electron chi connectivity index (χ2n) is 4.76. The summed E-state index contributed by atoms with van der Waals surface area (Å²) in [4.78, 5) is 0. The SMILES string of the molecule is CCC(CC)c1cc(CNCC(C)C)on1. The molecule has 0 radical (unpaired) electrons. The summed E-state index contributed by atoms with van der Waals surface area (Å²) in [5.74, 6) is 2.16. The predicted molar refractivity (Wildman–Crippen MR) is 66.4 cm³/mol. The molecule has 0 saturated heterocycles. The Bertz CT molecular complexity index is 290. The van der Waals surface area contributed by atoms with Crippen LogP contribution < -0.4 is 5.32 Å². The van der Waals surface area contributed by atoms with Gasteiger partial charge >= 0.3 is 0 Å². The van der Waals surface area contributed by atoms with E-state index >= 15 is 0 Å². The third-order valence-electron chi connectivity index (χ3n) is 2.83. The van der Waals surface area contributed by atoms with E-state index in [0.717, 1.165) is 37.4 Å². The molecule has 16 heavy (non-hydrogen) atoms. The van der Waals surface area contributed by atoms with E-state index in [1.165, 1.54) is 0 Å². The molecule has 0 amide bonds. The Balaban J connectivity index is 2.44. The van der Waals surface area contributed by atoms with Gasteiger partial charge in [-0.25, -0.2) is 0 Å². The first-order chi connectivity index (χ1) is 7.67. The van der Waals surface area contributed by atoms with Gasteiger partial charge in [-0.3, -0.25) is 0 Å². The number of hydrogen-bond donors (Lipinski definition) is 1. The van der Waals surface area contributed by atoms with Gasteiger partial charge in [-0.05, 0) is 25.3 Å². The number of nitrogens with one attached hydrogen (secondary N) is 1. The first-order valence-corrected chi connectivity index (χ1v) is 6.33. The molecule has 0 fully saturated rings. The summed E-state index contributed by atoms with van der Waals surface area (Å²) in [6.07, 6.45) is 2.25. The summed E-state index contributed by atoms with van der Waals surface area (Å²) in [5.41, 5.74) is 1.10. The average molecular weight is 224 g/mol. The van der Waals surface area contributed by atoms with Crippen LogP contribution >= 0.6 is 0 Å². The van der Waals surface area contributed by atoms with Gasteiger partial charge in [-0.1, -0.05) is 32.9 Å². The molecule has 92 valence electrons. The van der Waals surface area contributed by atoms with Crippen molar-refractivity contribution in [2.45, 2.75) is 53.0 Å². The number of nitrogens with zero attached hydrogens (tertiary/aromatic N) is 1. The summed E-state index contributed by atoms with van der Waals surface area (Å²) in [7, 11) is 0. The van der Waals surface area contributed by atoms with Crippen LogP contribution in [0.25, 0.3) is 0 Å². The molecule has 3 nitrogen and oxygen atoms in total. The molecule has 1 heterocycles. The minimum Gasteiger partial charge on any atom is -0.360 e. The Morgan fingerprint density at radius 2 is 2.00 bits per heavy atom. The molecule has 1 rings (SSSR count). The molecule has 0 aliphatic rings. The summed E-state index contributed by atoms with van der Waals surface area (Å²) < 4.78 is 5.32. The molecule has 3 heteroatoms. The van der Waals surface area contributed by atoms with Gasteiger partial charge in [0.2, 0.25) is 0 Å². The molecular formula is C13H24N2O. The highest BCUT2D eigenvalue weighted by molar-refractivity contribution is 5.10. The van der Waals surface area contributed by atoms with Gasteiger partial charge in [0.1, 0.15) is 0 Å². The lowest BCUT2D eigenvalue weighted by Crippen LogP contribution is -2.18. The van der Waals surface area contributed by atoms with Crippen molar-refractivity contribution in [1.82, 2.24) is 10.5 Å². The van der Waals surface area contributed by atoms with Gasteiger partial charge in [0.25, 0.3) is 0 Å². The van der Waals surface area contributed by atoms with Crippen molar-refractivity contribution in [1.29, 1.82) is 0 Å². The average Bonchev–Trinajstić information content (AvgIpc) is 2.68. The lowest BCUT2D eigenvalue weighted by molar-refractivity contribution is 0.359. The third-order valence-corrected chi connectivity index (χ3v) is 2.83. The summed E-state index contributed by atoms with van der Waals surface area (Å²) >= 11 is 0. The van der Waals surface area contributed by atoms with Crippen LogP contribution in [0, 0.1) is 5.92 Å². The highest BCUT2D eigenvalue weighted by atomic mass is 16.5. The monoisotopic (exact) mass is 224 g/mol. The third kappa shape index (κ3) is 3.97. The highest BCUT2D eigenvalue weighted by Gasteiger charge is 2.12. The number of aromatic nitrogens is 1. The second kappa shape index (κ2) is 6.69. The zero-order valence-corrected chi connectivity index (χ0v) is 10.9. The number of rotatable bonds is 7. The van der Waals surface area contributed by atoms with Crippen molar-refractivity contribution in [2.24, 2.45) is 5.92 Å². The first kappa shape index (κ1) is 13.2. The van der Waals surface area contributed by atoms with E-state index in [9.17, 15) is 0 Å². The Kier molecular flexibility index (Phi) is 5.53. The number of hydrogen-bond acceptors (Lipinski definition) is 3. The maximum absolute atomic E-state index is 5.32. The van der Waals surface area contributed by atoms with Crippen LogP contribution in [0.5, 0.6) is 0 Å². The van der Waals surface area contributed by atoms with E-state index in [0.29, 0.717) is 11.8 Å². The van der Waals surface area contributed by atoms with Gasteiger partial charge in [-0.15, -0.1) is 0 Å². The molecule has 1 N–H and O–H groups in total. The van der Waals surface area contributed by atoms with E-state index < -0.39 is 0 Å². The Morgan fingerprint density at radius 1 is 1.31 bits per heavy atom. The predicted octanol–water partition coefficient (Wildman–Crippen LogP) is 3.32. The fourth-order valence-corrected chi connectivity index (χ4v) is 1.80. The highest BCUT2D eigenvalue weighted by Crippen LogP contribution is 2.22. The summed E-state index contributed by atoms with van der Waals surface area (Å²) in [6.45, 7) is 10.6. The summed E-state index contributed by atoms with van der Waals surface area (Å²) in [6, 6.07) is 2.09. The van der Waals surface area contributed by atoms with E-state index in [1.807, 2.05) is 0 Å². The van der Waals surface area contributed by atoms with Crippen molar-refractivity contribution in [3.05, 3.63) is 17.5 Å². The quantitative estimate of drug-likeness (QED) is 0.772. The van der Waals surface area contributed by atoms with Crippen molar-refractivity contribution in [2.75, 3.05) is 6.54 Å². The molecule has 0 spiro atoms. The largest absolute Gasteiger partial charge is 0.360 e. The van der Waals surface area contributed by atoms with Crippen LogP contribution in [0.2, 0.25) is 0 Å². The van der Waals surface area contributed by atoms with Crippen molar-refractivity contribution >= 4 is 0 Å². The molecule has 0 aromatic carbocycles. The molecule has 0 unspecified atom stereocenters. The van der Waals surface area contributed by atoms with Crippen LogP contribution in [0.3, 0.4) is 0 Å². The fraction of sp³-hybridized carbons (Fsp3) is 0.769. The van der Waals surface area contributed by atoms with Crippen molar-refractivity contribution in [3.8, 4) is 0 Å². The van der Waals surface area contributed by atoms with Crippen LogP contribution in [0.4, 0.5) is 0 Å². The molecule has 1 aromatic rings. The Hall–Kier alpha value is -0.830. The van der Waals surface area contributed by atoms with Gasteiger partial charge in [0.05, 0.1) is 12.2 Å². The lowest BCUT2D eigenvalue weighted by Gasteiger charge is -2.06. The summed E-state index contributed by atoms with van der Waals surface area (Å²) in [5, 5.41) is 7.50. The van der Waals surface area contributed by atoms with Gasteiger partial charge in [0.15, 0.2) is 5.76 Å². The van der Waals surface area contributed by atoms with Crippen molar-refractivity contribution < 1.29 is 4.52 Å². The van der Waals surface area contributed by atoms with E-state index in [2.05, 4.69) is 44.2 Å². The van der Waals surface area contributed by atoms with Gasteiger partial charge in [0, 0.05) is 12.0 Å². The second-order valence-corrected chi connectivity index (χ2v) is 4.76. The van der Waals surface area contributed by atoms with Crippen molar-refractivity contribution in [3.63, 3.8) is 0 Å². The van der Waals surface area contributed by atoms with Gasteiger partial charge < -0.3 is 9.84 Å². The minimum absolute atomic E-state index is 0.544. The fourth-order valence-electron chi connectivity index (χ4n) is 1.80. The van der Waals surface area contributed by atoms with Crippen LogP contribution in [0.1, 0.15) is 57.9 Å². The molecule has 0 aliphatic carbocycles. The standard InChI is InChI=1S/C13H24N2O/c1-5-11(6-2)13-7-12(16-15-13)9-14-8-10(3)4/h7,10-11,14H,5-6,8-9H2,1-4H3. The minimum atomic E-state index is 0.544. The Morgan fingerprint density at radius 3 is 2.56 bits per heavy atom. The lowest BCUT2D eigenvalue weighted by atomic mass is 9.99. The van der Waals surface area contributed by atoms with Crippen LogP contribution in [-0.2, 0) is 6.54 Å². The molecule has 0 atom stereocenters. The van der Waals surface area contributed by atoms with E-state index in [-0.39, 0.29) is 0 Å². The molecule has 1 aromatic heterocycles. The smallest absolute Gasteiger partial charge is 0.150 e. The first-order valence-electron chi connectivity index (χ1n) is 6.33. The van der Waals surface area contributed by atoms with E-state index in [1.54, 1.807) is 0 Å². The normalized spacial score (nSPS) is 11.6. The molecule has 0 saturated carbocycles. The van der Waals surface area contributed by atoms with E-state index in [4.69, 9.17) is 4.52 Å². The Labute approximate surface area is 98.6 Å². The topological polar surface area (TPSA) is 38.1 Å². The zero-order chi connectivity index (χ0) is 12.0. The maximum atomic E-state index is 5.32. The zero-order valence-electron chi connectivity index (χ0n) is 10.9. The molecular weight excluding hydrogens is 200 g/mol. The molecule has 0 aliphatic heterocycles. The van der Waals surface area contributed by atoms with Crippen LogP contribution in [0.15, 0.2) is 10.6 Å². The maximum Gasteiger partial charge on any atom is 0.150 e. The van der Waals surface area contributed by atoms with Gasteiger partial charge in [-0.2, -0.15) is 0 Å².